The molecule has 0 aliphatic carbocycles. The van der Waals surface area contributed by atoms with Crippen LogP contribution in [0.4, 0.5) is 13.2 Å². The summed E-state index contributed by atoms with van der Waals surface area (Å²) in [5.74, 6) is 0.0635. The van der Waals surface area contributed by atoms with Crippen LogP contribution in [0.25, 0.3) is 0 Å². The summed E-state index contributed by atoms with van der Waals surface area (Å²) in [5, 5.41) is 0. The molecule has 0 aliphatic heterocycles. The van der Waals surface area contributed by atoms with E-state index in [2.05, 4.69) is 6.58 Å². The average Bonchev–Trinajstić information content (AvgIpc) is 1.80. The highest BCUT2D eigenvalue weighted by Gasteiger charge is 2.21. The zero-order valence-electron chi connectivity index (χ0n) is 6.57. The van der Waals surface area contributed by atoms with E-state index in [1.165, 1.54) is 0 Å². The lowest BCUT2D eigenvalue weighted by Gasteiger charge is -2.03. The molecule has 0 radical (unpaired) electrons. The fraction of sp³-hybridized carbons (Fsp3) is 0.500. The third kappa shape index (κ3) is 5.70. The van der Waals surface area contributed by atoms with Gasteiger partial charge in [-0.2, -0.15) is 13.2 Å². The first kappa shape index (κ1) is 10.3. The van der Waals surface area contributed by atoms with Crippen molar-refractivity contribution in [2.24, 2.45) is 5.92 Å². The van der Waals surface area contributed by atoms with Crippen LogP contribution in [0.2, 0.25) is 0 Å². The highest BCUT2D eigenvalue weighted by molar-refractivity contribution is 5.17. The van der Waals surface area contributed by atoms with Crippen molar-refractivity contribution in [3.63, 3.8) is 0 Å². The molecule has 0 aromatic heterocycles. The van der Waals surface area contributed by atoms with Gasteiger partial charge in [-0.3, -0.25) is 0 Å². The minimum absolute atomic E-state index is 0.0635. The van der Waals surface area contributed by atoms with Crippen molar-refractivity contribution in [1.82, 2.24) is 0 Å². The maximum absolute atomic E-state index is 11.6. The predicted molar refractivity (Wildman–Crippen MR) is 39.2 cm³/mol. The molecule has 0 rings (SSSR count). The minimum Gasteiger partial charge on any atom is -0.167 e. The van der Waals surface area contributed by atoms with Crippen molar-refractivity contribution >= 4 is 0 Å². The van der Waals surface area contributed by atoms with E-state index < -0.39 is 6.18 Å². The lowest BCUT2D eigenvalue weighted by atomic mass is 10.1. The molecule has 0 unspecified atom stereocenters. The third-order valence-electron chi connectivity index (χ3n) is 1.23. The SMILES string of the molecule is C=C(/C=C/C(F)(F)F)C(C)C. The van der Waals surface area contributed by atoms with Crippen molar-refractivity contribution in [2.45, 2.75) is 20.0 Å². The van der Waals surface area contributed by atoms with Gasteiger partial charge in [-0.25, -0.2) is 0 Å². The normalized spacial score (nSPS) is 12.9. The Hall–Kier alpha value is -0.730. The van der Waals surface area contributed by atoms with Gasteiger partial charge in [0, 0.05) is 6.08 Å². The fourth-order valence-corrected chi connectivity index (χ4v) is 0.394. The molecule has 0 spiro atoms. The highest BCUT2D eigenvalue weighted by Crippen LogP contribution is 2.18. The zero-order chi connectivity index (χ0) is 9.07. The van der Waals surface area contributed by atoms with E-state index >= 15 is 0 Å². The third-order valence-corrected chi connectivity index (χ3v) is 1.23. The maximum Gasteiger partial charge on any atom is 0.409 e. The first-order valence-corrected chi connectivity index (χ1v) is 3.27. The van der Waals surface area contributed by atoms with Gasteiger partial charge in [0.2, 0.25) is 0 Å². The summed E-state index contributed by atoms with van der Waals surface area (Å²) in [5.41, 5.74) is 0.488. The molecule has 0 atom stereocenters. The molecule has 0 saturated carbocycles. The molecule has 11 heavy (non-hydrogen) atoms. The van der Waals surface area contributed by atoms with Crippen LogP contribution in [0.1, 0.15) is 13.8 Å². The number of alkyl halides is 3. The first-order chi connectivity index (χ1) is 4.83. The summed E-state index contributed by atoms with van der Waals surface area (Å²) in [6, 6.07) is 0. The molecular formula is C8H11F3. The Bertz CT molecular complexity index is 163. The van der Waals surface area contributed by atoms with Gasteiger partial charge in [0.05, 0.1) is 0 Å². The van der Waals surface area contributed by atoms with Gasteiger partial charge in [-0.1, -0.05) is 32.1 Å². The van der Waals surface area contributed by atoms with E-state index in [0.717, 1.165) is 6.08 Å². The van der Waals surface area contributed by atoms with Crippen LogP contribution in [0.15, 0.2) is 24.3 Å². The Morgan fingerprint density at radius 1 is 1.36 bits per heavy atom. The number of rotatable bonds is 2. The molecule has 0 fully saturated rings. The molecule has 0 aromatic carbocycles. The van der Waals surface area contributed by atoms with Crippen LogP contribution in [-0.2, 0) is 0 Å². The standard InChI is InChI=1S/C8H11F3/c1-6(2)7(3)4-5-8(9,10)11/h4-6H,3H2,1-2H3/b5-4+. The van der Waals surface area contributed by atoms with Gasteiger partial charge in [-0.15, -0.1) is 0 Å². The van der Waals surface area contributed by atoms with E-state index in [9.17, 15) is 13.2 Å². The lowest BCUT2D eigenvalue weighted by Crippen LogP contribution is -2.01. The van der Waals surface area contributed by atoms with Gasteiger partial charge < -0.3 is 0 Å². The molecule has 64 valence electrons. The fourth-order valence-electron chi connectivity index (χ4n) is 0.394. The Labute approximate surface area is 64.4 Å². The second-order valence-electron chi connectivity index (χ2n) is 2.60. The summed E-state index contributed by atoms with van der Waals surface area (Å²) in [7, 11) is 0. The number of allylic oxidation sites excluding steroid dienone is 3. The quantitative estimate of drug-likeness (QED) is 0.549. The van der Waals surface area contributed by atoms with Crippen LogP contribution in [0.5, 0.6) is 0 Å². The molecular weight excluding hydrogens is 153 g/mol. The van der Waals surface area contributed by atoms with E-state index in [1.807, 2.05) is 0 Å². The molecule has 0 nitrogen and oxygen atoms in total. The second-order valence-corrected chi connectivity index (χ2v) is 2.60. The Morgan fingerprint density at radius 2 is 1.82 bits per heavy atom. The molecule has 0 saturated heterocycles. The van der Waals surface area contributed by atoms with Crippen LogP contribution in [-0.4, -0.2) is 6.18 Å². The van der Waals surface area contributed by atoms with E-state index in [0.29, 0.717) is 5.57 Å². The van der Waals surface area contributed by atoms with Crippen molar-refractivity contribution in [2.75, 3.05) is 0 Å². The van der Waals surface area contributed by atoms with Gasteiger partial charge in [0.15, 0.2) is 0 Å². The Balaban J connectivity index is 4.05. The molecule has 0 N–H and O–H groups in total. The second kappa shape index (κ2) is 3.60. The maximum atomic E-state index is 11.6. The van der Waals surface area contributed by atoms with Crippen LogP contribution in [0.3, 0.4) is 0 Å². The number of halogens is 3. The van der Waals surface area contributed by atoms with Gasteiger partial charge in [-0.05, 0) is 5.92 Å². The minimum atomic E-state index is -4.22. The van der Waals surface area contributed by atoms with Gasteiger partial charge in [0.25, 0.3) is 0 Å². The molecule has 0 aromatic rings. The van der Waals surface area contributed by atoms with Crippen LogP contribution >= 0.6 is 0 Å². The zero-order valence-corrected chi connectivity index (χ0v) is 6.57. The van der Waals surface area contributed by atoms with Crippen molar-refractivity contribution < 1.29 is 13.2 Å². The van der Waals surface area contributed by atoms with E-state index in [4.69, 9.17) is 0 Å². The van der Waals surface area contributed by atoms with Crippen molar-refractivity contribution in [3.05, 3.63) is 24.3 Å². The van der Waals surface area contributed by atoms with Gasteiger partial charge in [0.1, 0.15) is 0 Å². The predicted octanol–water partition coefficient (Wildman–Crippen LogP) is 3.32. The number of hydrogen-bond acceptors (Lipinski definition) is 0. The smallest absolute Gasteiger partial charge is 0.167 e. The summed E-state index contributed by atoms with van der Waals surface area (Å²) in [4.78, 5) is 0. The highest BCUT2D eigenvalue weighted by atomic mass is 19.4. The van der Waals surface area contributed by atoms with Crippen LogP contribution in [0, 0.1) is 5.92 Å². The monoisotopic (exact) mass is 164 g/mol. The summed E-state index contributed by atoms with van der Waals surface area (Å²) >= 11 is 0. The molecule has 3 heteroatoms. The summed E-state index contributed by atoms with van der Waals surface area (Å²) in [6.45, 7) is 7.06. The largest absolute Gasteiger partial charge is 0.409 e. The topological polar surface area (TPSA) is 0 Å². The summed E-state index contributed by atoms with van der Waals surface area (Å²) < 4.78 is 34.7. The van der Waals surface area contributed by atoms with Crippen LogP contribution < -0.4 is 0 Å². The molecule has 0 amide bonds. The van der Waals surface area contributed by atoms with E-state index in [1.54, 1.807) is 13.8 Å². The summed E-state index contributed by atoms with van der Waals surface area (Å²) in [6.07, 6.45) is -3.02. The van der Waals surface area contributed by atoms with Crippen molar-refractivity contribution in [3.8, 4) is 0 Å². The van der Waals surface area contributed by atoms with Crippen molar-refractivity contribution in [1.29, 1.82) is 0 Å². The first-order valence-electron chi connectivity index (χ1n) is 3.27. The lowest BCUT2D eigenvalue weighted by molar-refractivity contribution is -0.0798. The van der Waals surface area contributed by atoms with E-state index in [-0.39, 0.29) is 12.0 Å². The number of hydrogen-bond donors (Lipinski definition) is 0. The Kier molecular flexibility index (Phi) is 3.36. The molecule has 0 bridgehead atoms. The Morgan fingerprint density at radius 3 is 2.09 bits per heavy atom. The van der Waals surface area contributed by atoms with Gasteiger partial charge >= 0.3 is 6.18 Å². The molecule has 0 heterocycles. The molecule has 0 aliphatic rings. The average molecular weight is 164 g/mol.